The fourth-order valence-electron chi connectivity index (χ4n) is 1.67. The number of hydrogen-bond acceptors (Lipinski definition) is 7. The molecule has 0 bridgehead atoms. The lowest BCUT2D eigenvalue weighted by molar-refractivity contribution is 0.403. The van der Waals surface area contributed by atoms with Gasteiger partial charge in [-0.2, -0.15) is 20.1 Å². The number of nitrogens with zero attached hydrogens (tertiary/aromatic N) is 5. The van der Waals surface area contributed by atoms with E-state index in [9.17, 15) is 0 Å². The first kappa shape index (κ1) is 12.9. The second kappa shape index (κ2) is 5.45. The number of nitrogen functional groups attached to an aromatic ring is 1. The van der Waals surface area contributed by atoms with E-state index in [0.29, 0.717) is 11.5 Å². The van der Waals surface area contributed by atoms with Crippen LogP contribution in [0.25, 0.3) is 5.95 Å². The van der Waals surface area contributed by atoms with Crippen molar-refractivity contribution in [3.05, 3.63) is 42.7 Å². The second-order valence-electron chi connectivity index (χ2n) is 4.01. The number of ether oxygens (including phenoxy) is 2. The van der Waals surface area contributed by atoms with Crippen molar-refractivity contribution >= 4 is 5.95 Å². The minimum absolute atomic E-state index is 0.0494. The summed E-state index contributed by atoms with van der Waals surface area (Å²) in [5.74, 6) is 1.53. The van der Waals surface area contributed by atoms with Crippen molar-refractivity contribution in [1.29, 1.82) is 0 Å². The second-order valence-corrected chi connectivity index (χ2v) is 4.01. The van der Waals surface area contributed by atoms with Crippen LogP contribution >= 0.6 is 0 Å². The summed E-state index contributed by atoms with van der Waals surface area (Å²) in [4.78, 5) is 12.1. The molecule has 0 aliphatic heterocycles. The molecule has 0 fully saturated rings. The van der Waals surface area contributed by atoms with E-state index in [2.05, 4.69) is 20.1 Å². The van der Waals surface area contributed by atoms with E-state index in [1.54, 1.807) is 43.8 Å². The Morgan fingerprint density at radius 2 is 1.95 bits per heavy atom. The summed E-state index contributed by atoms with van der Waals surface area (Å²) in [6.07, 6.45) is 3.31. The number of benzene rings is 1. The zero-order valence-corrected chi connectivity index (χ0v) is 11.2. The average molecular weight is 284 g/mol. The molecule has 106 valence electrons. The number of hydrogen-bond donors (Lipinski definition) is 1. The first-order valence-corrected chi connectivity index (χ1v) is 6.08. The van der Waals surface area contributed by atoms with Crippen LogP contribution in [0.15, 0.2) is 42.7 Å². The quantitative estimate of drug-likeness (QED) is 0.773. The molecule has 0 spiro atoms. The van der Waals surface area contributed by atoms with E-state index >= 15 is 0 Å². The number of aromatic nitrogens is 5. The Morgan fingerprint density at radius 3 is 2.71 bits per heavy atom. The third-order valence-corrected chi connectivity index (χ3v) is 2.58. The number of methoxy groups -OCH3 is 1. The molecule has 8 heteroatoms. The maximum atomic E-state index is 5.67. The van der Waals surface area contributed by atoms with Gasteiger partial charge in [0.15, 0.2) is 0 Å². The van der Waals surface area contributed by atoms with Crippen LogP contribution in [0.5, 0.6) is 17.5 Å². The maximum absolute atomic E-state index is 5.67. The van der Waals surface area contributed by atoms with Crippen molar-refractivity contribution in [2.24, 2.45) is 0 Å². The normalized spacial score (nSPS) is 10.3. The van der Waals surface area contributed by atoms with Gasteiger partial charge in [0, 0.05) is 18.5 Å². The highest BCUT2D eigenvalue weighted by Crippen LogP contribution is 2.23. The van der Waals surface area contributed by atoms with Crippen molar-refractivity contribution in [3.8, 4) is 23.5 Å². The van der Waals surface area contributed by atoms with Crippen molar-refractivity contribution in [2.45, 2.75) is 0 Å². The molecular weight excluding hydrogens is 272 g/mol. The Morgan fingerprint density at radius 1 is 1.10 bits per heavy atom. The molecule has 0 saturated carbocycles. The molecule has 0 saturated heterocycles. The molecular formula is C13H12N6O2. The summed E-state index contributed by atoms with van der Waals surface area (Å²) in [7, 11) is 1.58. The summed E-state index contributed by atoms with van der Waals surface area (Å²) in [6, 6.07) is 8.92. The largest absolute Gasteiger partial charge is 0.497 e. The Balaban J connectivity index is 1.91. The van der Waals surface area contributed by atoms with Crippen LogP contribution in [-0.4, -0.2) is 31.8 Å². The van der Waals surface area contributed by atoms with Crippen LogP contribution in [0, 0.1) is 0 Å². The Kier molecular flexibility index (Phi) is 3.34. The molecule has 0 radical (unpaired) electrons. The first-order chi connectivity index (χ1) is 10.2. The zero-order chi connectivity index (χ0) is 14.7. The van der Waals surface area contributed by atoms with Gasteiger partial charge in [-0.1, -0.05) is 6.07 Å². The molecule has 2 aromatic heterocycles. The van der Waals surface area contributed by atoms with E-state index in [0.717, 1.165) is 0 Å². The lowest BCUT2D eigenvalue weighted by Gasteiger charge is -2.07. The topological polar surface area (TPSA) is 101 Å². The number of nitrogens with two attached hydrogens (primary N) is 1. The summed E-state index contributed by atoms with van der Waals surface area (Å²) in [6.45, 7) is 0. The minimum atomic E-state index is 0.0494. The van der Waals surface area contributed by atoms with Gasteiger partial charge in [-0.25, -0.2) is 4.68 Å². The molecule has 1 aromatic carbocycles. The van der Waals surface area contributed by atoms with E-state index in [-0.39, 0.29) is 17.9 Å². The van der Waals surface area contributed by atoms with Crippen molar-refractivity contribution < 1.29 is 9.47 Å². The molecule has 0 aliphatic rings. The summed E-state index contributed by atoms with van der Waals surface area (Å²) in [5.41, 5.74) is 5.67. The standard InChI is InChI=1S/C13H12N6O2/c1-20-9-4-2-5-10(8-9)21-13-17-11(14)16-12(18-13)19-7-3-6-15-19/h2-8H,1H3,(H2,14,16,17,18). The van der Waals surface area contributed by atoms with Gasteiger partial charge in [0.1, 0.15) is 11.5 Å². The number of anilines is 1. The third kappa shape index (κ3) is 2.89. The summed E-state index contributed by atoms with van der Waals surface area (Å²) < 4.78 is 12.2. The van der Waals surface area contributed by atoms with Gasteiger partial charge in [0.05, 0.1) is 7.11 Å². The van der Waals surface area contributed by atoms with Crippen LogP contribution < -0.4 is 15.2 Å². The predicted molar refractivity (Wildman–Crippen MR) is 74.4 cm³/mol. The fraction of sp³-hybridized carbons (Fsp3) is 0.0769. The van der Waals surface area contributed by atoms with Gasteiger partial charge < -0.3 is 15.2 Å². The van der Waals surface area contributed by atoms with Crippen LogP contribution in [0.3, 0.4) is 0 Å². The highest BCUT2D eigenvalue weighted by atomic mass is 16.5. The van der Waals surface area contributed by atoms with E-state index in [1.807, 2.05) is 6.07 Å². The highest BCUT2D eigenvalue weighted by molar-refractivity contribution is 5.35. The highest BCUT2D eigenvalue weighted by Gasteiger charge is 2.09. The van der Waals surface area contributed by atoms with Crippen molar-refractivity contribution in [2.75, 3.05) is 12.8 Å². The summed E-state index contributed by atoms with van der Waals surface area (Å²) >= 11 is 0. The van der Waals surface area contributed by atoms with Gasteiger partial charge in [0.2, 0.25) is 5.95 Å². The molecule has 2 heterocycles. The summed E-state index contributed by atoms with van der Waals surface area (Å²) in [5, 5.41) is 4.04. The van der Waals surface area contributed by atoms with E-state index in [4.69, 9.17) is 15.2 Å². The Bertz CT molecular complexity index is 744. The average Bonchev–Trinajstić information content (AvgIpc) is 3.01. The maximum Gasteiger partial charge on any atom is 0.328 e. The zero-order valence-electron chi connectivity index (χ0n) is 11.2. The molecule has 2 N–H and O–H groups in total. The van der Waals surface area contributed by atoms with Gasteiger partial charge in [0.25, 0.3) is 5.95 Å². The molecule has 0 aliphatic carbocycles. The van der Waals surface area contributed by atoms with Gasteiger partial charge in [-0.15, -0.1) is 0 Å². The van der Waals surface area contributed by atoms with E-state index < -0.39 is 0 Å². The van der Waals surface area contributed by atoms with Crippen LogP contribution in [-0.2, 0) is 0 Å². The molecule has 3 aromatic rings. The van der Waals surface area contributed by atoms with Gasteiger partial charge in [-0.05, 0) is 18.2 Å². The van der Waals surface area contributed by atoms with Gasteiger partial charge in [-0.3, -0.25) is 0 Å². The van der Waals surface area contributed by atoms with Crippen LogP contribution in [0.1, 0.15) is 0 Å². The first-order valence-electron chi connectivity index (χ1n) is 6.08. The van der Waals surface area contributed by atoms with Crippen LogP contribution in [0.4, 0.5) is 5.95 Å². The lowest BCUT2D eigenvalue weighted by atomic mass is 10.3. The Hall–Kier alpha value is -3.16. The Labute approximate surface area is 120 Å². The molecule has 0 unspecified atom stereocenters. The lowest BCUT2D eigenvalue weighted by Crippen LogP contribution is -2.07. The molecule has 0 amide bonds. The fourth-order valence-corrected chi connectivity index (χ4v) is 1.67. The monoisotopic (exact) mass is 284 g/mol. The molecule has 0 atom stereocenters. The number of rotatable bonds is 4. The molecule has 8 nitrogen and oxygen atoms in total. The SMILES string of the molecule is COc1cccc(Oc2nc(N)nc(-n3cccn3)n2)c1. The van der Waals surface area contributed by atoms with E-state index in [1.165, 1.54) is 4.68 Å². The van der Waals surface area contributed by atoms with Crippen LogP contribution in [0.2, 0.25) is 0 Å². The van der Waals surface area contributed by atoms with Crippen molar-refractivity contribution in [1.82, 2.24) is 24.7 Å². The minimum Gasteiger partial charge on any atom is -0.497 e. The van der Waals surface area contributed by atoms with Crippen molar-refractivity contribution in [3.63, 3.8) is 0 Å². The molecule has 3 rings (SSSR count). The smallest absolute Gasteiger partial charge is 0.328 e. The van der Waals surface area contributed by atoms with Gasteiger partial charge >= 0.3 is 6.01 Å². The molecule has 21 heavy (non-hydrogen) atoms. The third-order valence-electron chi connectivity index (χ3n) is 2.58. The predicted octanol–water partition coefficient (Wildman–Crippen LogP) is 1.44.